The first-order valence-corrected chi connectivity index (χ1v) is 9.22. The molecule has 2 N–H and O–H groups in total. The van der Waals surface area contributed by atoms with Gasteiger partial charge in [0.1, 0.15) is 17.3 Å². The first-order chi connectivity index (χ1) is 12.5. The summed E-state index contributed by atoms with van der Waals surface area (Å²) in [5.41, 5.74) is 6.47. The number of para-hydroxylation sites is 1. The Morgan fingerprint density at radius 2 is 2.04 bits per heavy atom. The zero-order valence-electron chi connectivity index (χ0n) is 15.1. The molecule has 4 rings (SSSR count). The van der Waals surface area contributed by atoms with Crippen LogP contribution in [0.1, 0.15) is 49.1 Å². The molecule has 2 heterocycles. The second-order valence-corrected chi connectivity index (χ2v) is 7.69. The third-order valence-electron chi connectivity index (χ3n) is 5.62. The zero-order valence-corrected chi connectivity index (χ0v) is 15.1. The monoisotopic (exact) mass is 357 g/mol. The lowest BCUT2D eigenvalue weighted by Crippen LogP contribution is -2.34. The van der Waals surface area contributed by atoms with Gasteiger partial charge in [-0.2, -0.15) is 0 Å². The van der Waals surface area contributed by atoms with Gasteiger partial charge in [0.05, 0.1) is 0 Å². The van der Waals surface area contributed by atoms with Gasteiger partial charge in [0.25, 0.3) is 5.91 Å². The van der Waals surface area contributed by atoms with E-state index >= 15 is 0 Å². The molecular formula is C19H24FN5O. The van der Waals surface area contributed by atoms with E-state index in [1.165, 1.54) is 10.7 Å². The third kappa shape index (κ3) is 2.80. The van der Waals surface area contributed by atoms with Gasteiger partial charge in [-0.05, 0) is 36.8 Å². The number of nitrogens with zero attached hydrogens (tertiary/aromatic N) is 4. The van der Waals surface area contributed by atoms with Crippen molar-refractivity contribution >= 4 is 5.91 Å². The predicted octanol–water partition coefficient (Wildman–Crippen LogP) is 2.34. The SMILES string of the molecule is CC(C)c1nc(C(=O)N2CC3CCC(N)C3C2)nn1-c1ccccc1F. The second-order valence-electron chi connectivity index (χ2n) is 7.69. The summed E-state index contributed by atoms with van der Waals surface area (Å²) in [6.45, 7) is 5.28. The number of nitrogens with two attached hydrogens (primary N) is 1. The number of fused-ring (bicyclic) bond motifs is 1. The maximum Gasteiger partial charge on any atom is 0.293 e. The van der Waals surface area contributed by atoms with Gasteiger partial charge in [-0.1, -0.05) is 26.0 Å². The molecule has 3 atom stereocenters. The van der Waals surface area contributed by atoms with E-state index in [2.05, 4.69) is 10.1 Å². The van der Waals surface area contributed by atoms with Gasteiger partial charge in [-0.25, -0.2) is 14.1 Å². The minimum Gasteiger partial charge on any atom is -0.335 e. The van der Waals surface area contributed by atoms with Crippen LogP contribution in [0.15, 0.2) is 24.3 Å². The minimum absolute atomic E-state index is 0.00929. The van der Waals surface area contributed by atoms with Crippen LogP contribution in [0.3, 0.4) is 0 Å². The molecule has 2 aromatic rings. The van der Waals surface area contributed by atoms with E-state index in [9.17, 15) is 9.18 Å². The highest BCUT2D eigenvalue weighted by molar-refractivity contribution is 5.90. The number of carbonyl (C=O) groups excluding carboxylic acids is 1. The first-order valence-electron chi connectivity index (χ1n) is 9.22. The number of hydrogen-bond acceptors (Lipinski definition) is 4. The van der Waals surface area contributed by atoms with Crippen LogP contribution in [0.5, 0.6) is 0 Å². The number of hydrogen-bond donors (Lipinski definition) is 1. The van der Waals surface area contributed by atoms with Crippen molar-refractivity contribution in [3.05, 3.63) is 41.7 Å². The molecule has 1 aromatic heterocycles. The number of amides is 1. The van der Waals surface area contributed by atoms with Crippen LogP contribution in [0.2, 0.25) is 0 Å². The molecule has 1 saturated heterocycles. The van der Waals surface area contributed by atoms with E-state index in [4.69, 9.17) is 5.73 Å². The van der Waals surface area contributed by atoms with Gasteiger partial charge < -0.3 is 10.6 Å². The van der Waals surface area contributed by atoms with Crippen LogP contribution in [-0.4, -0.2) is 44.7 Å². The van der Waals surface area contributed by atoms with Crippen molar-refractivity contribution in [2.24, 2.45) is 17.6 Å². The average Bonchev–Trinajstić information content (AvgIpc) is 3.31. The molecular weight excluding hydrogens is 333 g/mol. The summed E-state index contributed by atoms with van der Waals surface area (Å²) >= 11 is 0. The molecule has 0 spiro atoms. The molecule has 7 heteroatoms. The highest BCUT2D eigenvalue weighted by Gasteiger charge is 2.43. The van der Waals surface area contributed by atoms with Crippen LogP contribution in [0.25, 0.3) is 5.69 Å². The van der Waals surface area contributed by atoms with Crippen LogP contribution >= 0.6 is 0 Å². The molecule has 1 saturated carbocycles. The van der Waals surface area contributed by atoms with Gasteiger partial charge in [-0.15, -0.1) is 5.10 Å². The molecule has 2 fully saturated rings. The van der Waals surface area contributed by atoms with Crippen molar-refractivity contribution in [1.82, 2.24) is 19.7 Å². The smallest absolute Gasteiger partial charge is 0.293 e. The zero-order chi connectivity index (χ0) is 18.4. The Bertz CT molecular complexity index is 833. The van der Waals surface area contributed by atoms with Crippen LogP contribution in [-0.2, 0) is 0 Å². The largest absolute Gasteiger partial charge is 0.335 e. The van der Waals surface area contributed by atoms with Crippen LogP contribution in [0.4, 0.5) is 4.39 Å². The fraction of sp³-hybridized carbons (Fsp3) is 0.526. The molecule has 2 aliphatic rings. The molecule has 0 radical (unpaired) electrons. The van der Waals surface area contributed by atoms with E-state index in [0.29, 0.717) is 36.4 Å². The number of likely N-dealkylation sites (tertiary alicyclic amines) is 1. The van der Waals surface area contributed by atoms with Crippen LogP contribution < -0.4 is 5.73 Å². The fourth-order valence-corrected chi connectivity index (χ4v) is 4.20. The summed E-state index contributed by atoms with van der Waals surface area (Å²) in [6, 6.07) is 6.57. The number of carbonyl (C=O) groups is 1. The predicted molar refractivity (Wildman–Crippen MR) is 95.5 cm³/mol. The van der Waals surface area contributed by atoms with Crippen molar-refractivity contribution in [2.45, 2.75) is 38.6 Å². The summed E-state index contributed by atoms with van der Waals surface area (Å²) in [6.07, 6.45) is 2.11. The summed E-state index contributed by atoms with van der Waals surface area (Å²) in [5.74, 6) is 0.989. The Morgan fingerprint density at radius 3 is 2.73 bits per heavy atom. The molecule has 138 valence electrons. The Balaban J connectivity index is 1.65. The fourth-order valence-electron chi connectivity index (χ4n) is 4.20. The maximum absolute atomic E-state index is 14.2. The molecule has 26 heavy (non-hydrogen) atoms. The highest BCUT2D eigenvalue weighted by Crippen LogP contribution is 2.37. The topological polar surface area (TPSA) is 77.0 Å². The van der Waals surface area contributed by atoms with E-state index in [1.54, 1.807) is 23.1 Å². The van der Waals surface area contributed by atoms with Crippen molar-refractivity contribution in [1.29, 1.82) is 0 Å². The van der Waals surface area contributed by atoms with Crippen molar-refractivity contribution in [2.75, 3.05) is 13.1 Å². The lowest BCUT2D eigenvalue weighted by atomic mass is 9.98. The lowest BCUT2D eigenvalue weighted by Gasteiger charge is -2.17. The lowest BCUT2D eigenvalue weighted by molar-refractivity contribution is 0.0767. The Hall–Kier alpha value is -2.28. The van der Waals surface area contributed by atoms with E-state index < -0.39 is 0 Å². The third-order valence-corrected chi connectivity index (χ3v) is 5.62. The van der Waals surface area contributed by atoms with Gasteiger partial charge in [0.2, 0.25) is 5.82 Å². The molecule has 3 unspecified atom stereocenters. The quantitative estimate of drug-likeness (QED) is 0.915. The molecule has 1 aromatic carbocycles. The summed E-state index contributed by atoms with van der Waals surface area (Å²) in [7, 11) is 0. The Morgan fingerprint density at radius 1 is 1.27 bits per heavy atom. The van der Waals surface area contributed by atoms with E-state index in [1.807, 2.05) is 13.8 Å². The van der Waals surface area contributed by atoms with Crippen molar-refractivity contribution in [3.63, 3.8) is 0 Å². The van der Waals surface area contributed by atoms with E-state index in [0.717, 1.165) is 12.8 Å². The maximum atomic E-state index is 14.2. The van der Waals surface area contributed by atoms with E-state index in [-0.39, 0.29) is 29.5 Å². The Kier molecular flexibility index (Phi) is 4.26. The van der Waals surface area contributed by atoms with Gasteiger partial charge >= 0.3 is 0 Å². The normalized spacial score (nSPS) is 25.1. The van der Waals surface area contributed by atoms with Gasteiger partial charge in [0.15, 0.2) is 0 Å². The molecule has 1 aliphatic heterocycles. The van der Waals surface area contributed by atoms with Crippen LogP contribution in [0, 0.1) is 17.7 Å². The number of benzene rings is 1. The van der Waals surface area contributed by atoms with Crippen molar-refractivity contribution in [3.8, 4) is 5.69 Å². The minimum atomic E-state index is -0.389. The molecule has 1 aliphatic carbocycles. The number of halogens is 1. The van der Waals surface area contributed by atoms with Crippen molar-refractivity contribution < 1.29 is 9.18 Å². The standard InChI is InChI=1S/C19H24FN5O/c1-11(2)18-22-17(23-25(18)16-6-4-3-5-14(16)20)19(26)24-9-12-7-8-15(21)13(12)10-24/h3-6,11-13,15H,7-10,21H2,1-2H3. The molecule has 0 bridgehead atoms. The second kappa shape index (κ2) is 6.46. The Labute approximate surface area is 152 Å². The average molecular weight is 357 g/mol. The molecule has 1 amide bonds. The first kappa shape index (κ1) is 17.1. The molecule has 6 nitrogen and oxygen atoms in total. The number of aromatic nitrogens is 3. The van der Waals surface area contributed by atoms with Gasteiger partial charge in [-0.3, -0.25) is 4.79 Å². The summed E-state index contributed by atoms with van der Waals surface area (Å²) < 4.78 is 15.7. The number of rotatable bonds is 3. The summed E-state index contributed by atoms with van der Waals surface area (Å²) in [4.78, 5) is 19.2. The van der Waals surface area contributed by atoms with Gasteiger partial charge in [0, 0.05) is 25.0 Å². The summed E-state index contributed by atoms with van der Waals surface area (Å²) in [5, 5.41) is 4.36. The highest BCUT2D eigenvalue weighted by atomic mass is 19.1.